The third-order valence-electron chi connectivity index (χ3n) is 2.82. The van der Waals surface area contributed by atoms with Gasteiger partial charge in [-0.3, -0.25) is 5.10 Å². The van der Waals surface area contributed by atoms with Gasteiger partial charge in [0, 0.05) is 5.39 Å². The monoisotopic (exact) mass is 172 g/mol. The predicted molar refractivity (Wildman–Crippen MR) is 52.8 cm³/mol. The Kier molecular flexibility index (Phi) is 1.29. The van der Waals surface area contributed by atoms with Crippen LogP contribution in [0.3, 0.4) is 0 Å². The number of aryl methyl sites for hydroxylation is 1. The van der Waals surface area contributed by atoms with Gasteiger partial charge in [0.2, 0.25) is 0 Å². The van der Waals surface area contributed by atoms with Crippen LogP contribution in [0.5, 0.6) is 0 Å². The Bertz CT molecular complexity index is 452. The molecule has 1 heterocycles. The first-order valence-electron chi connectivity index (χ1n) is 4.78. The summed E-state index contributed by atoms with van der Waals surface area (Å²) in [5, 5.41) is 8.33. The lowest BCUT2D eigenvalue weighted by molar-refractivity contribution is 1.11. The number of fused-ring (bicyclic) bond motifs is 1. The van der Waals surface area contributed by atoms with Crippen molar-refractivity contribution in [1.82, 2.24) is 10.2 Å². The molecule has 1 N–H and O–H groups in total. The van der Waals surface area contributed by atoms with E-state index in [1.165, 1.54) is 34.9 Å². The molecule has 1 aliphatic carbocycles. The molecule has 2 nitrogen and oxygen atoms in total. The van der Waals surface area contributed by atoms with Crippen LogP contribution in [0.1, 0.15) is 29.9 Å². The molecule has 0 amide bonds. The van der Waals surface area contributed by atoms with Crippen molar-refractivity contribution in [2.24, 2.45) is 0 Å². The fourth-order valence-electron chi connectivity index (χ4n) is 1.92. The van der Waals surface area contributed by atoms with E-state index in [4.69, 9.17) is 0 Å². The van der Waals surface area contributed by atoms with Crippen LogP contribution < -0.4 is 0 Å². The molecule has 0 radical (unpaired) electrons. The lowest BCUT2D eigenvalue weighted by Crippen LogP contribution is -1.83. The SMILES string of the molecule is Cc1cc(C2CC2)cc2cn[nH]c12. The second-order valence-electron chi connectivity index (χ2n) is 3.95. The lowest BCUT2D eigenvalue weighted by atomic mass is 10.0. The molecule has 1 aromatic heterocycles. The Morgan fingerprint density at radius 2 is 2.23 bits per heavy atom. The summed E-state index contributed by atoms with van der Waals surface area (Å²) in [6.07, 6.45) is 4.64. The zero-order valence-corrected chi connectivity index (χ0v) is 7.67. The van der Waals surface area contributed by atoms with Crippen LogP contribution in [-0.4, -0.2) is 10.2 Å². The largest absolute Gasteiger partial charge is 0.278 e. The van der Waals surface area contributed by atoms with Crippen molar-refractivity contribution in [3.05, 3.63) is 29.5 Å². The minimum atomic E-state index is 0.831. The third kappa shape index (κ3) is 1.05. The van der Waals surface area contributed by atoms with Gasteiger partial charge < -0.3 is 0 Å². The first-order valence-corrected chi connectivity index (χ1v) is 4.78. The van der Waals surface area contributed by atoms with Crippen LogP contribution in [0.15, 0.2) is 18.3 Å². The zero-order chi connectivity index (χ0) is 8.84. The van der Waals surface area contributed by atoms with Crippen LogP contribution in [0.25, 0.3) is 10.9 Å². The Hall–Kier alpha value is -1.31. The van der Waals surface area contributed by atoms with Gasteiger partial charge in [-0.15, -0.1) is 0 Å². The van der Waals surface area contributed by atoms with Crippen molar-refractivity contribution in [2.75, 3.05) is 0 Å². The molecule has 1 fully saturated rings. The Morgan fingerprint density at radius 1 is 1.38 bits per heavy atom. The van der Waals surface area contributed by atoms with Gasteiger partial charge in [-0.1, -0.05) is 6.07 Å². The summed E-state index contributed by atoms with van der Waals surface area (Å²) >= 11 is 0. The van der Waals surface area contributed by atoms with Gasteiger partial charge in [-0.2, -0.15) is 5.10 Å². The van der Waals surface area contributed by atoms with E-state index in [9.17, 15) is 0 Å². The van der Waals surface area contributed by atoms with Crippen molar-refractivity contribution in [2.45, 2.75) is 25.7 Å². The van der Waals surface area contributed by atoms with E-state index in [2.05, 4.69) is 29.3 Å². The molecule has 13 heavy (non-hydrogen) atoms. The zero-order valence-electron chi connectivity index (χ0n) is 7.67. The Morgan fingerprint density at radius 3 is 3.00 bits per heavy atom. The number of aromatic amines is 1. The van der Waals surface area contributed by atoms with Crippen molar-refractivity contribution < 1.29 is 0 Å². The summed E-state index contributed by atoms with van der Waals surface area (Å²) in [4.78, 5) is 0. The molecule has 0 bridgehead atoms. The normalized spacial score (nSPS) is 16.7. The average Bonchev–Trinajstić information content (AvgIpc) is 2.85. The molecular formula is C11H12N2. The number of rotatable bonds is 1. The molecule has 66 valence electrons. The Balaban J connectivity index is 2.27. The van der Waals surface area contributed by atoms with Crippen LogP contribution in [0.4, 0.5) is 0 Å². The highest BCUT2D eigenvalue weighted by molar-refractivity contribution is 5.82. The molecule has 2 aromatic rings. The van der Waals surface area contributed by atoms with Gasteiger partial charge in [-0.05, 0) is 42.9 Å². The number of hydrogen-bond donors (Lipinski definition) is 1. The molecule has 0 saturated heterocycles. The second kappa shape index (κ2) is 2.34. The van der Waals surface area contributed by atoms with E-state index < -0.39 is 0 Å². The van der Waals surface area contributed by atoms with E-state index in [0.29, 0.717) is 0 Å². The van der Waals surface area contributed by atoms with E-state index >= 15 is 0 Å². The molecule has 1 saturated carbocycles. The second-order valence-corrected chi connectivity index (χ2v) is 3.95. The number of nitrogens with one attached hydrogen (secondary N) is 1. The van der Waals surface area contributed by atoms with Crippen molar-refractivity contribution in [1.29, 1.82) is 0 Å². The van der Waals surface area contributed by atoms with E-state index in [1.54, 1.807) is 0 Å². The topological polar surface area (TPSA) is 28.7 Å². The highest BCUT2D eigenvalue weighted by Gasteiger charge is 2.24. The van der Waals surface area contributed by atoms with Crippen LogP contribution in [-0.2, 0) is 0 Å². The van der Waals surface area contributed by atoms with Gasteiger partial charge in [0.25, 0.3) is 0 Å². The number of benzene rings is 1. The van der Waals surface area contributed by atoms with E-state index in [-0.39, 0.29) is 0 Å². The van der Waals surface area contributed by atoms with Crippen molar-refractivity contribution in [3.8, 4) is 0 Å². The summed E-state index contributed by atoms with van der Waals surface area (Å²) in [6, 6.07) is 4.56. The third-order valence-corrected chi connectivity index (χ3v) is 2.82. The molecule has 1 aliphatic rings. The highest BCUT2D eigenvalue weighted by atomic mass is 15.1. The van der Waals surface area contributed by atoms with Crippen molar-refractivity contribution >= 4 is 10.9 Å². The lowest BCUT2D eigenvalue weighted by Gasteiger charge is -2.01. The molecular weight excluding hydrogens is 160 g/mol. The molecule has 3 rings (SSSR count). The van der Waals surface area contributed by atoms with E-state index in [0.717, 1.165) is 5.92 Å². The van der Waals surface area contributed by atoms with E-state index in [1.807, 2.05) is 6.20 Å². The van der Waals surface area contributed by atoms with Gasteiger partial charge in [0.1, 0.15) is 0 Å². The van der Waals surface area contributed by atoms with Crippen LogP contribution >= 0.6 is 0 Å². The minimum Gasteiger partial charge on any atom is -0.278 e. The standard InChI is InChI=1S/C11H12N2/c1-7-4-9(8-2-3-8)5-10-6-12-13-11(7)10/h4-6,8H,2-3H2,1H3,(H,12,13). The maximum absolute atomic E-state index is 4.06. The van der Waals surface area contributed by atoms with Gasteiger partial charge in [0.15, 0.2) is 0 Å². The Labute approximate surface area is 77.0 Å². The minimum absolute atomic E-state index is 0.831. The highest BCUT2D eigenvalue weighted by Crippen LogP contribution is 2.41. The number of H-pyrrole nitrogens is 1. The predicted octanol–water partition coefficient (Wildman–Crippen LogP) is 2.75. The summed E-state index contributed by atoms with van der Waals surface area (Å²) < 4.78 is 0. The van der Waals surface area contributed by atoms with Gasteiger partial charge in [-0.25, -0.2) is 0 Å². The fraction of sp³-hybridized carbons (Fsp3) is 0.364. The number of hydrogen-bond acceptors (Lipinski definition) is 1. The van der Waals surface area contributed by atoms with Crippen LogP contribution in [0.2, 0.25) is 0 Å². The summed E-state index contributed by atoms with van der Waals surface area (Å²) in [5.41, 5.74) is 3.99. The molecule has 1 aromatic carbocycles. The molecule has 0 aliphatic heterocycles. The summed E-state index contributed by atoms with van der Waals surface area (Å²) in [5.74, 6) is 0.831. The quantitative estimate of drug-likeness (QED) is 0.704. The van der Waals surface area contributed by atoms with Gasteiger partial charge >= 0.3 is 0 Å². The molecule has 0 unspecified atom stereocenters. The average molecular weight is 172 g/mol. The maximum atomic E-state index is 4.06. The molecule has 0 atom stereocenters. The van der Waals surface area contributed by atoms with Crippen LogP contribution in [0, 0.1) is 6.92 Å². The molecule has 0 spiro atoms. The van der Waals surface area contributed by atoms with Crippen molar-refractivity contribution in [3.63, 3.8) is 0 Å². The number of nitrogens with zero attached hydrogens (tertiary/aromatic N) is 1. The first kappa shape index (κ1) is 7.13. The molecule has 2 heteroatoms. The smallest absolute Gasteiger partial charge is 0.0679 e. The maximum Gasteiger partial charge on any atom is 0.0679 e. The summed E-state index contributed by atoms with van der Waals surface area (Å²) in [6.45, 7) is 2.15. The fourth-order valence-corrected chi connectivity index (χ4v) is 1.92. The summed E-state index contributed by atoms with van der Waals surface area (Å²) in [7, 11) is 0. The first-order chi connectivity index (χ1) is 6.34. The van der Waals surface area contributed by atoms with Gasteiger partial charge in [0.05, 0.1) is 11.7 Å². The number of aromatic nitrogens is 2.